The van der Waals surface area contributed by atoms with Gasteiger partial charge in [-0.25, -0.2) is 4.98 Å². The van der Waals surface area contributed by atoms with E-state index in [1.54, 1.807) is 0 Å². The number of nitrogens with zero attached hydrogens (tertiary/aromatic N) is 2. The van der Waals surface area contributed by atoms with Gasteiger partial charge in [-0.3, -0.25) is 4.90 Å². The van der Waals surface area contributed by atoms with Gasteiger partial charge in [-0.2, -0.15) is 0 Å². The minimum Gasteiger partial charge on any atom is -0.373 e. The van der Waals surface area contributed by atoms with Crippen molar-refractivity contribution >= 4 is 17.4 Å². The molecule has 0 bridgehead atoms. The van der Waals surface area contributed by atoms with Crippen LogP contribution in [0.3, 0.4) is 0 Å². The zero-order valence-electron chi connectivity index (χ0n) is 9.83. The Balaban J connectivity index is 2.11. The Morgan fingerprint density at radius 2 is 2.25 bits per heavy atom. The lowest BCUT2D eigenvalue weighted by molar-refractivity contribution is 0.266. The van der Waals surface area contributed by atoms with E-state index in [9.17, 15) is 0 Å². The average molecular weight is 240 g/mol. The van der Waals surface area contributed by atoms with Crippen molar-refractivity contribution in [2.75, 3.05) is 18.9 Å². The molecule has 0 atom stereocenters. The molecule has 1 fully saturated rings. The second-order valence-corrected chi connectivity index (χ2v) is 4.58. The molecule has 1 N–H and O–H groups in total. The number of pyridine rings is 1. The molecule has 0 unspecified atom stereocenters. The van der Waals surface area contributed by atoms with Crippen LogP contribution in [0.1, 0.15) is 25.5 Å². The lowest BCUT2D eigenvalue weighted by atomic mass is 10.3. The van der Waals surface area contributed by atoms with Crippen molar-refractivity contribution in [3.8, 4) is 0 Å². The molecular weight excluding hydrogens is 222 g/mol. The van der Waals surface area contributed by atoms with Crippen molar-refractivity contribution in [1.82, 2.24) is 9.88 Å². The Bertz CT molecular complexity index is 363. The summed E-state index contributed by atoms with van der Waals surface area (Å²) < 4.78 is 0. The molecule has 0 amide bonds. The molecule has 16 heavy (non-hydrogen) atoms. The average Bonchev–Trinajstić information content (AvgIpc) is 3.12. The van der Waals surface area contributed by atoms with E-state index in [1.807, 2.05) is 19.2 Å². The second-order valence-electron chi connectivity index (χ2n) is 4.17. The predicted molar refractivity (Wildman–Crippen MR) is 67.9 cm³/mol. The van der Waals surface area contributed by atoms with Crippen LogP contribution in [0.25, 0.3) is 0 Å². The molecule has 88 valence electrons. The Morgan fingerprint density at radius 3 is 2.81 bits per heavy atom. The molecule has 0 saturated heterocycles. The SMILES string of the molecule is CCN(Cc1nc(NC)ccc1Cl)C1CC1. The fraction of sp³-hybridized carbons (Fsp3) is 0.583. The minimum absolute atomic E-state index is 0.751. The van der Waals surface area contributed by atoms with E-state index in [1.165, 1.54) is 12.8 Å². The first kappa shape index (κ1) is 11.7. The highest BCUT2D eigenvalue weighted by Crippen LogP contribution is 2.29. The fourth-order valence-corrected chi connectivity index (χ4v) is 2.03. The normalized spacial score (nSPS) is 15.5. The van der Waals surface area contributed by atoms with Gasteiger partial charge < -0.3 is 5.32 Å². The van der Waals surface area contributed by atoms with Crippen LogP contribution in [0.5, 0.6) is 0 Å². The van der Waals surface area contributed by atoms with E-state index in [4.69, 9.17) is 11.6 Å². The Labute approximate surface area is 102 Å². The molecule has 1 saturated carbocycles. The van der Waals surface area contributed by atoms with Gasteiger partial charge in [0, 0.05) is 19.6 Å². The predicted octanol–water partition coefficient (Wildman–Crippen LogP) is 2.76. The lowest BCUT2D eigenvalue weighted by Gasteiger charge is -2.20. The molecule has 1 aromatic heterocycles. The van der Waals surface area contributed by atoms with Gasteiger partial charge in [0.15, 0.2) is 0 Å². The van der Waals surface area contributed by atoms with Crippen molar-refractivity contribution in [2.45, 2.75) is 32.4 Å². The molecule has 1 aliphatic carbocycles. The molecule has 4 heteroatoms. The number of nitrogens with one attached hydrogen (secondary N) is 1. The zero-order chi connectivity index (χ0) is 11.5. The van der Waals surface area contributed by atoms with Gasteiger partial charge in [0.25, 0.3) is 0 Å². The Kier molecular flexibility index (Phi) is 3.66. The molecule has 1 aliphatic rings. The molecule has 2 rings (SSSR count). The van der Waals surface area contributed by atoms with Gasteiger partial charge in [0.05, 0.1) is 10.7 Å². The molecule has 3 nitrogen and oxygen atoms in total. The van der Waals surface area contributed by atoms with E-state index in [0.717, 1.165) is 35.7 Å². The third-order valence-electron chi connectivity index (χ3n) is 3.00. The molecule has 0 spiro atoms. The van der Waals surface area contributed by atoms with Gasteiger partial charge in [0.1, 0.15) is 5.82 Å². The summed E-state index contributed by atoms with van der Waals surface area (Å²) in [6.45, 7) is 4.11. The van der Waals surface area contributed by atoms with Gasteiger partial charge in [-0.1, -0.05) is 18.5 Å². The molecular formula is C12H18ClN3. The minimum atomic E-state index is 0.751. The van der Waals surface area contributed by atoms with Gasteiger partial charge in [-0.15, -0.1) is 0 Å². The lowest BCUT2D eigenvalue weighted by Crippen LogP contribution is -2.25. The number of halogens is 1. The van der Waals surface area contributed by atoms with Crippen LogP contribution in [0.2, 0.25) is 5.02 Å². The molecule has 0 aliphatic heterocycles. The number of rotatable bonds is 5. The van der Waals surface area contributed by atoms with Crippen LogP contribution in [0.4, 0.5) is 5.82 Å². The summed E-state index contributed by atoms with van der Waals surface area (Å²) in [5.41, 5.74) is 0.974. The number of hydrogen-bond acceptors (Lipinski definition) is 3. The maximum Gasteiger partial charge on any atom is 0.126 e. The molecule has 0 aromatic carbocycles. The number of aromatic nitrogens is 1. The Morgan fingerprint density at radius 1 is 1.50 bits per heavy atom. The van der Waals surface area contributed by atoms with Crippen molar-refractivity contribution in [2.24, 2.45) is 0 Å². The monoisotopic (exact) mass is 239 g/mol. The summed E-state index contributed by atoms with van der Waals surface area (Å²) in [5.74, 6) is 0.881. The second kappa shape index (κ2) is 5.02. The van der Waals surface area contributed by atoms with Gasteiger partial charge >= 0.3 is 0 Å². The van der Waals surface area contributed by atoms with Crippen LogP contribution in [0, 0.1) is 0 Å². The highest BCUT2D eigenvalue weighted by Gasteiger charge is 2.28. The summed E-state index contributed by atoms with van der Waals surface area (Å²) in [6.07, 6.45) is 2.63. The summed E-state index contributed by atoms with van der Waals surface area (Å²) in [6, 6.07) is 4.57. The van der Waals surface area contributed by atoms with Crippen LogP contribution >= 0.6 is 11.6 Å². The third-order valence-corrected chi connectivity index (χ3v) is 3.34. The van der Waals surface area contributed by atoms with Gasteiger partial charge in [0.2, 0.25) is 0 Å². The van der Waals surface area contributed by atoms with Crippen molar-refractivity contribution in [1.29, 1.82) is 0 Å². The van der Waals surface area contributed by atoms with E-state index in [-0.39, 0.29) is 0 Å². The standard InChI is InChI=1S/C12H18ClN3/c1-3-16(9-4-5-9)8-11-10(13)6-7-12(14-2)15-11/h6-7,9H,3-5,8H2,1-2H3,(H,14,15). The van der Waals surface area contributed by atoms with E-state index < -0.39 is 0 Å². The molecule has 1 heterocycles. The van der Waals surface area contributed by atoms with E-state index >= 15 is 0 Å². The molecule has 0 radical (unpaired) electrons. The van der Waals surface area contributed by atoms with Crippen LogP contribution in [-0.2, 0) is 6.54 Å². The third kappa shape index (κ3) is 2.66. The maximum absolute atomic E-state index is 6.16. The van der Waals surface area contributed by atoms with Crippen LogP contribution in [0.15, 0.2) is 12.1 Å². The van der Waals surface area contributed by atoms with Crippen molar-refractivity contribution in [3.63, 3.8) is 0 Å². The van der Waals surface area contributed by atoms with E-state index in [2.05, 4.69) is 22.1 Å². The molecule has 1 aromatic rings. The number of anilines is 1. The quantitative estimate of drug-likeness (QED) is 0.857. The first-order valence-electron chi connectivity index (χ1n) is 5.81. The fourth-order valence-electron chi connectivity index (χ4n) is 1.87. The summed E-state index contributed by atoms with van der Waals surface area (Å²) >= 11 is 6.16. The summed E-state index contributed by atoms with van der Waals surface area (Å²) in [7, 11) is 1.87. The van der Waals surface area contributed by atoms with Gasteiger partial charge in [-0.05, 0) is 31.5 Å². The first-order valence-corrected chi connectivity index (χ1v) is 6.19. The summed E-state index contributed by atoms with van der Waals surface area (Å²) in [4.78, 5) is 6.94. The first-order chi connectivity index (χ1) is 7.74. The number of hydrogen-bond donors (Lipinski definition) is 1. The Hall–Kier alpha value is -0.800. The van der Waals surface area contributed by atoms with Crippen LogP contribution in [-0.4, -0.2) is 29.5 Å². The van der Waals surface area contributed by atoms with Crippen molar-refractivity contribution < 1.29 is 0 Å². The highest BCUT2D eigenvalue weighted by atomic mass is 35.5. The smallest absolute Gasteiger partial charge is 0.126 e. The highest BCUT2D eigenvalue weighted by molar-refractivity contribution is 6.31. The van der Waals surface area contributed by atoms with Crippen LogP contribution < -0.4 is 5.32 Å². The largest absolute Gasteiger partial charge is 0.373 e. The van der Waals surface area contributed by atoms with Crippen molar-refractivity contribution in [3.05, 3.63) is 22.8 Å². The topological polar surface area (TPSA) is 28.2 Å². The summed E-state index contributed by atoms with van der Waals surface area (Å²) in [5, 5.41) is 3.80. The van der Waals surface area contributed by atoms with E-state index in [0.29, 0.717) is 0 Å². The maximum atomic E-state index is 6.16. The zero-order valence-corrected chi connectivity index (χ0v) is 10.6.